The molecule has 1 aromatic heterocycles. The second-order valence-corrected chi connectivity index (χ2v) is 4.66. The summed E-state index contributed by atoms with van der Waals surface area (Å²) < 4.78 is 2.70. The molecule has 0 amide bonds. The van der Waals surface area contributed by atoms with Crippen molar-refractivity contribution in [2.75, 3.05) is 11.9 Å². The van der Waals surface area contributed by atoms with Crippen LogP contribution in [0.2, 0.25) is 0 Å². The molecule has 90 valence electrons. The Balaban J connectivity index is 2.18. The Kier molecular flexibility index (Phi) is 3.81. The first-order valence-corrected chi connectivity index (χ1v) is 6.10. The van der Waals surface area contributed by atoms with Gasteiger partial charge in [-0.1, -0.05) is 12.1 Å². The molecule has 5 heteroatoms. The molecular formula is C12H14BrN3O. The van der Waals surface area contributed by atoms with Crippen molar-refractivity contribution in [2.45, 2.75) is 6.04 Å². The van der Waals surface area contributed by atoms with E-state index in [1.165, 1.54) is 0 Å². The number of aryl methyl sites for hydroxylation is 1. The van der Waals surface area contributed by atoms with Gasteiger partial charge in [0.05, 0.1) is 18.8 Å². The Labute approximate surface area is 108 Å². The Hall–Kier alpha value is -1.33. The first kappa shape index (κ1) is 12.1. The fourth-order valence-corrected chi connectivity index (χ4v) is 2.02. The first-order valence-electron chi connectivity index (χ1n) is 5.31. The predicted octanol–water partition coefficient (Wildman–Crippen LogP) is 2.33. The predicted molar refractivity (Wildman–Crippen MR) is 70.8 cm³/mol. The van der Waals surface area contributed by atoms with Crippen molar-refractivity contribution < 1.29 is 5.11 Å². The Morgan fingerprint density at radius 1 is 1.47 bits per heavy atom. The molecule has 0 saturated heterocycles. The zero-order chi connectivity index (χ0) is 12.3. The molecule has 17 heavy (non-hydrogen) atoms. The molecule has 2 rings (SSSR count). The van der Waals surface area contributed by atoms with Gasteiger partial charge in [0.1, 0.15) is 0 Å². The van der Waals surface area contributed by atoms with Crippen LogP contribution in [0, 0.1) is 0 Å². The summed E-state index contributed by atoms with van der Waals surface area (Å²) in [6, 6.07) is 7.67. The van der Waals surface area contributed by atoms with Crippen LogP contribution in [-0.2, 0) is 7.05 Å². The van der Waals surface area contributed by atoms with Crippen LogP contribution in [0.5, 0.6) is 0 Å². The van der Waals surface area contributed by atoms with Crippen molar-refractivity contribution in [1.29, 1.82) is 0 Å². The molecule has 1 unspecified atom stereocenters. The average Bonchev–Trinajstić information content (AvgIpc) is 2.75. The van der Waals surface area contributed by atoms with E-state index in [4.69, 9.17) is 0 Å². The van der Waals surface area contributed by atoms with E-state index in [0.717, 1.165) is 15.7 Å². The van der Waals surface area contributed by atoms with E-state index in [1.54, 1.807) is 10.9 Å². The number of aromatic nitrogens is 2. The highest BCUT2D eigenvalue weighted by atomic mass is 79.9. The number of halogens is 1. The van der Waals surface area contributed by atoms with Crippen molar-refractivity contribution in [3.63, 3.8) is 0 Å². The molecule has 0 saturated carbocycles. The molecule has 0 radical (unpaired) electrons. The fraction of sp³-hybridized carbons (Fsp3) is 0.250. The van der Waals surface area contributed by atoms with Crippen LogP contribution < -0.4 is 5.32 Å². The van der Waals surface area contributed by atoms with E-state index >= 15 is 0 Å². The van der Waals surface area contributed by atoms with Gasteiger partial charge in [-0.2, -0.15) is 5.10 Å². The van der Waals surface area contributed by atoms with Crippen LogP contribution in [0.4, 0.5) is 5.69 Å². The Morgan fingerprint density at radius 2 is 2.24 bits per heavy atom. The molecule has 0 fully saturated rings. The summed E-state index contributed by atoms with van der Waals surface area (Å²) >= 11 is 3.47. The van der Waals surface area contributed by atoms with Gasteiger partial charge in [-0.05, 0) is 28.1 Å². The van der Waals surface area contributed by atoms with Crippen molar-refractivity contribution >= 4 is 21.6 Å². The number of aliphatic hydroxyl groups is 1. The zero-order valence-electron chi connectivity index (χ0n) is 9.47. The van der Waals surface area contributed by atoms with E-state index < -0.39 is 0 Å². The highest BCUT2D eigenvalue weighted by Gasteiger charge is 2.12. The van der Waals surface area contributed by atoms with Crippen LogP contribution in [0.15, 0.2) is 41.1 Å². The smallest absolute Gasteiger partial charge is 0.0775 e. The molecule has 0 aliphatic carbocycles. The van der Waals surface area contributed by atoms with Gasteiger partial charge >= 0.3 is 0 Å². The fourth-order valence-electron chi connectivity index (χ4n) is 1.62. The van der Waals surface area contributed by atoms with Crippen LogP contribution in [0.1, 0.15) is 11.6 Å². The van der Waals surface area contributed by atoms with Gasteiger partial charge in [0.15, 0.2) is 0 Å². The topological polar surface area (TPSA) is 50.1 Å². The summed E-state index contributed by atoms with van der Waals surface area (Å²) in [5.74, 6) is 0. The third kappa shape index (κ3) is 2.87. The van der Waals surface area contributed by atoms with Crippen LogP contribution in [0.25, 0.3) is 0 Å². The number of benzene rings is 1. The highest BCUT2D eigenvalue weighted by molar-refractivity contribution is 9.10. The summed E-state index contributed by atoms with van der Waals surface area (Å²) in [5.41, 5.74) is 1.92. The minimum atomic E-state index is -0.151. The SMILES string of the molecule is Cn1cc(C(CO)Nc2ccccc2Br)cn1. The van der Waals surface area contributed by atoms with Gasteiger partial charge in [0.25, 0.3) is 0 Å². The number of para-hydroxylation sites is 1. The maximum absolute atomic E-state index is 9.43. The van der Waals surface area contributed by atoms with Crippen molar-refractivity contribution in [1.82, 2.24) is 9.78 Å². The molecule has 4 nitrogen and oxygen atoms in total. The monoisotopic (exact) mass is 295 g/mol. The van der Waals surface area contributed by atoms with Crippen molar-refractivity contribution in [3.8, 4) is 0 Å². The molecule has 0 aliphatic rings. The van der Waals surface area contributed by atoms with E-state index in [9.17, 15) is 5.11 Å². The summed E-state index contributed by atoms with van der Waals surface area (Å²) in [4.78, 5) is 0. The first-order chi connectivity index (χ1) is 8.20. The normalized spacial score (nSPS) is 12.4. The largest absolute Gasteiger partial charge is 0.394 e. The number of aliphatic hydroxyl groups excluding tert-OH is 1. The van der Waals surface area contributed by atoms with Gasteiger partial charge in [0.2, 0.25) is 0 Å². The molecular weight excluding hydrogens is 282 g/mol. The Morgan fingerprint density at radius 3 is 2.82 bits per heavy atom. The van der Waals surface area contributed by atoms with E-state index in [-0.39, 0.29) is 12.6 Å². The molecule has 2 aromatic rings. The number of hydrogen-bond donors (Lipinski definition) is 2. The summed E-state index contributed by atoms with van der Waals surface area (Å²) in [7, 11) is 1.86. The Bertz CT molecular complexity index is 498. The third-order valence-electron chi connectivity index (χ3n) is 2.51. The maximum atomic E-state index is 9.43. The molecule has 2 N–H and O–H groups in total. The zero-order valence-corrected chi connectivity index (χ0v) is 11.1. The van der Waals surface area contributed by atoms with Crippen LogP contribution in [0.3, 0.4) is 0 Å². The highest BCUT2D eigenvalue weighted by Crippen LogP contribution is 2.25. The second-order valence-electron chi connectivity index (χ2n) is 3.81. The quantitative estimate of drug-likeness (QED) is 0.910. The molecule has 0 aliphatic heterocycles. The minimum absolute atomic E-state index is 0.0209. The van der Waals surface area contributed by atoms with Crippen molar-refractivity contribution in [3.05, 3.63) is 46.7 Å². The lowest BCUT2D eigenvalue weighted by Crippen LogP contribution is -2.14. The minimum Gasteiger partial charge on any atom is -0.394 e. The molecule has 1 atom stereocenters. The number of nitrogens with one attached hydrogen (secondary N) is 1. The third-order valence-corrected chi connectivity index (χ3v) is 3.20. The summed E-state index contributed by atoms with van der Waals surface area (Å²) in [5, 5.41) is 16.8. The average molecular weight is 296 g/mol. The second kappa shape index (κ2) is 5.33. The lowest BCUT2D eigenvalue weighted by molar-refractivity contribution is 0.276. The maximum Gasteiger partial charge on any atom is 0.0775 e. The number of rotatable bonds is 4. The van der Waals surface area contributed by atoms with E-state index in [2.05, 4.69) is 26.3 Å². The molecule has 0 spiro atoms. The van der Waals surface area contributed by atoms with Crippen LogP contribution >= 0.6 is 15.9 Å². The van der Waals surface area contributed by atoms with E-state index in [0.29, 0.717) is 0 Å². The number of anilines is 1. The molecule has 0 bridgehead atoms. The summed E-state index contributed by atoms with van der Waals surface area (Å²) in [6.07, 6.45) is 3.65. The standard InChI is InChI=1S/C12H14BrN3O/c1-16-7-9(6-14-16)12(8-17)15-11-5-3-2-4-10(11)13/h2-7,12,15,17H,8H2,1H3. The van der Waals surface area contributed by atoms with Crippen LogP contribution in [-0.4, -0.2) is 21.5 Å². The van der Waals surface area contributed by atoms with E-state index in [1.807, 2.05) is 37.5 Å². The number of nitrogens with zero attached hydrogens (tertiary/aromatic N) is 2. The van der Waals surface area contributed by atoms with Gasteiger partial charge in [0, 0.05) is 29.0 Å². The lowest BCUT2D eigenvalue weighted by atomic mass is 10.1. The number of hydrogen-bond acceptors (Lipinski definition) is 3. The lowest BCUT2D eigenvalue weighted by Gasteiger charge is -2.17. The van der Waals surface area contributed by atoms with Gasteiger partial charge in [-0.3, -0.25) is 4.68 Å². The molecule has 1 aromatic carbocycles. The van der Waals surface area contributed by atoms with Gasteiger partial charge in [-0.15, -0.1) is 0 Å². The van der Waals surface area contributed by atoms with Crippen molar-refractivity contribution in [2.24, 2.45) is 7.05 Å². The van der Waals surface area contributed by atoms with Gasteiger partial charge in [-0.25, -0.2) is 0 Å². The summed E-state index contributed by atoms with van der Waals surface area (Å²) in [6.45, 7) is 0.0209. The molecule has 1 heterocycles. The van der Waals surface area contributed by atoms with Gasteiger partial charge < -0.3 is 10.4 Å².